The van der Waals surface area contributed by atoms with E-state index in [2.05, 4.69) is 20.6 Å². The zero-order chi connectivity index (χ0) is 23.3. The summed E-state index contributed by atoms with van der Waals surface area (Å²) in [6.07, 6.45) is 2.25. The van der Waals surface area contributed by atoms with E-state index in [1.807, 2.05) is 60.0 Å². The summed E-state index contributed by atoms with van der Waals surface area (Å²) < 4.78 is 11.5. The monoisotopic (exact) mass is 475 g/mol. The van der Waals surface area contributed by atoms with Crippen molar-refractivity contribution in [2.75, 3.05) is 25.5 Å². The first-order valence-electron chi connectivity index (χ1n) is 11.1. The van der Waals surface area contributed by atoms with E-state index in [1.165, 1.54) is 0 Å². The van der Waals surface area contributed by atoms with Crippen LogP contribution < -0.4 is 20.1 Å². The molecule has 2 aromatic heterocycles. The summed E-state index contributed by atoms with van der Waals surface area (Å²) in [7, 11) is 1.63. The number of urea groups is 1. The number of carbonyl (C=O) groups excluding carboxylic acids is 1. The highest BCUT2D eigenvalue weighted by molar-refractivity contribution is 7.16. The summed E-state index contributed by atoms with van der Waals surface area (Å²) in [4.78, 5) is 24.1. The second kappa shape index (κ2) is 9.96. The average Bonchev–Trinajstić information content (AvgIpc) is 3.54. The lowest BCUT2D eigenvalue weighted by molar-refractivity contribution is 0.187. The fourth-order valence-corrected chi connectivity index (χ4v) is 4.64. The van der Waals surface area contributed by atoms with Crippen molar-refractivity contribution in [1.29, 1.82) is 0 Å². The third-order valence-corrected chi connectivity index (χ3v) is 6.55. The molecule has 34 heavy (non-hydrogen) atoms. The van der Waals surface area contributed by atoms with Crippen molar-refractivity contribution in [1.82, 2.24) is 20.2 Å². The predicted molar refractivity (Wildman–Crippen MR) is 133 cm³/mol. The number of nitrogens with zero attached hydrogens (tertiary/aromatic N) is 3. The maximum atomic E-state index is 12.7. The van der Waals surface area contributed by atoms with Gasteiger partial charge in [0, 0.05) is 19.5 Å². The molecule has 8 nitrogen and oxygen atoms in total. The highest BCUT2D eigenvalue weighted by Gasteiger charge is 2.28. The molecule has 1 fully saturated rings. The van der Waals surface area contributed by atoms with Crippen molar-refractivity contribution in [3.8, 4) is 11.5 Å². The number of rotatable bonds is 7. The Bertz CT molecular complexity index is 1280. The number of ether oxygens (including phenoxy) is 2. The number of anilines is 2. The molecule has 1 aliphatic heterocycles. The Kier molecular flexibility index (Phi) is 6.44. The Labute approximate surface area is 201 Å². The van der Waals surface area contributed by atoms with Crippen LogP contribution in [0, 0.1) is 0 Å². The van der Waals surface area contributed by atoms with Crippen LogP contribution in [0.25, 0.3) is 10.2 Å². The summed E-state index contributed by atoms with van der Waals surface area (Å²) in [5.41, 5.74) is 1.85. The van der Waals surface area contributed by atoms with Crippen molar-refractivity contribution in [3.05, 3.63) is 71.9 Å². The number of likely N-dealkylation sites (tertiary alicyclic amines) is 1. The Balaban J connectivity index is 1.19. The number of aromatic nitrogens is 2. The summed E-state index contributed by atoms with van der Waals surface area (Å²) in [5.74, 6) is 2.27. The molecule has 2 amide bonds. The van der Waals surface area contributed by atoms with E-state index in [-0.39, 0.29) is 12.1 Å². The number of hydrogen-bond acceptors (Lipinski definition) is 7. The Morgan fingerprint density at radius 1 is 1.15 bits per heavy atom. The third-order valence-electron chi connectivity index (χ3n) is 5.73. The highest BCUT2D eigenvalue weighted by Crippen LogP contribution is 2.32. The summed E-state index contributed by atoms with van der Waals surface area (Å²) in [6, 6.07) is 17.4. The Morgan fingerprint density at radius 2 is 2.00 bits per heavy atom. The lowest BCUT2D eigenvalue weighted by Gasteiger charge is -2.19. The lowest BCUT2D eigenvalue weighted by atomic mass is 10.2. The van der Waals surface area contributed by atoms with E-state index in [0.29, 0.717) is 19.6 Å². The van der Waals surface area contributed by atoms with Gasteiger partial charge in [-0.15, -0.1) is 11.3 Å². The Hall–Kier alpha value is -3.85. The molecule has 2 aromatic carbocycles. The molecule has 0 spiro atoms. The van der Waals surface area contributed by atoms with Crippen molar-refractivity contribution in [3.63, 3.8) is 0 Å². The van der Waals surface area contributed by atoms with E-state index in [1.54, 1.807) is 29.7 Å². The summed E-state index contributed by atoms with van der Waals surface area (Å²) in [6.45, 7) is 1.65. The van der Waals surface area contributed by atoms with E-state index in [9.17, 15) is 4.79 Å². The first-order chi connectivity index (χ1) is 16.7. The fraction of sp³-hybridized carbons (Fsp3) is 0.240. The molecule has 3 heterocycles. The minimum Gasteiger partial charge on any atom is -0.497 e. The third kappa shape index (κ3) is 4.89. The Morgan fingerprint density at radius 3 is 2.85 bits per heavy atom. The van der Waals surface area contributed by atoms with Crippen molar-refractivity contribution in [2.45, 2.75) is 19.1 Å². The van der Waals surface area contributed by atoms with E-state index in [0.717, 1.165) is 45.2 Å². The van der Waals surface area contributed by atoms with Gasteiger partial charge in [-0.1, -0.05) is 24.3 Å². The minimum absolute atomic E-state index is 0.0822. The maximum absolute atomic E-state index is 12.7. The molecule has 9 heteroatoms. The first kappa shape index (κ1) is 22.0. The fourth-order valence-electron chi connectivity index (χ4n) is 3.91. The van der Waals surface area contributed by atoms with Gasteiger partial charge in [0.2, 0.25) is 0 Å². The van der Waals surface area contributed by atoms with Crippen LogP contribution in [0.5, 0.6) is 11.5 Å². The smallest absolute Gasteiger partial charge is 0.317 e. The molecule has 4 aromatic rings. The number of nitrogens with one attached hydrogen (secondary N) is 2. The highest BCUT2D eigenvalue weighted by atomic mass is 32.1. The van der Waals surface area contributed by atoms with Gasteiger partial charge in [-0.05, 0) is 41.3 Å². The number of amides is 2. The molecular formula is C25H25N5O3S. The van der Waals surface area contributed by atoms with Gasteiger partial charge in [0.1, 0.15) is 34.6 Å². The van der Waals surface area contributed by atoms with Crippen LogP contribution in [-0.2, 0) is 6.54 Å². The second-order valence-corrected chi connectivity index (χ2v) is 8.86. The first-order valence-corrected chi connectivity index (χ1v) is 11.9. The molecule has 5 rings (SSSR count). The zero-order valence-corrected chi connectivity index (χ0v) is 19.5. The van der Waals surface area contributed by atoms with Crippen LogP contribution in [0.1, 0.15) is 12.0 Å². The minimum atomic E-state index is -0.0887. The largest absolute Gasteiger partial charge is 0.497 e. The van der Waals surface area contributed by atoms with Gasteiger partial charge in [0.15, 0.2) is 0 Å². The molecule has 174 valence electrons. The van der Waals surface area contributed by atoms with Gasteiger partial charge in [-0.3, -0.25) is 0 Å². The van der Waals surface area contributed by atoms with Crippen LogP contribution in [0.3, 0.4) is 0 Å². The molecule has 1 unspecified atom stereocenters. The normalized spacial score (nSPS) is 15.3. The van der Waals surface area contributed by atoms with Gasteiger partial charge in [0.05, 0.1) is 24.7 Å². The number of para-hydroxylation sites is 2. The van der Waals surface area contributed by atoms with E-state index < -0.39 is 0 Å². The van der Waals surface area contributed by atoms with Crippen LogP contribution in [-0.4, -0.2) is 47.2 Å². The molecule has 0 saturated carbocycles. The molecule has 0 radical (unpaired) electrons. The number of thiophene rings is 1. The van der Waals surface area contributed by atoms with Gasteiger partial charge < -0.3 is 25.0 Å². The van der Waals surface area contributed by atoms with E-state index in [4.69, 9.17) is 9.47 Å². The standard InChI is InChI=1S/C25H25N5O3S/c1-32-18-8-6-17(7-9-18)14-26-25(31)30-12-10-19(15-30)33-22-5-3-2-4-21(22)29-23-20-11-13-34-24(20)28-16-27-23/h2-9,11,13,16,19H,10,12,14-15H2,1H3,(H,26,31)(H,27,28,29). The number of benzene rings is 2. The van der Waals surface area contributed by atoms with Crippen molar-refractivity contribution >= 4 is 39.1 Å². The number of fused-ring (bicyclic) bond motifs is 1. The van der Waals surface area contributed by atoms with Gasteiger partial charge >= 0.3 is 6.03 Å². The van der Waals surface area contributed by atoms with Crippen molar-refractivity contribution in [2.24, 2.45) is 0 Å². The lowest BCUT2D eigenvalue weighted by Crippen LogP contribution is -2.39. The molecule has 0 bridgehead atoms. The second-order valence-electron chi connectivity index (χ2n) is 7.96. The predicted octanol–water partition coefficient (Wildman–Crippen LogP) is 4.81. The SMILES string of the molecule is COc1ccc(CNC(=O)N2CCC(Oc3ccccc3Nc3ncnc4sccc34)C2)cc1. The molecule has 1 aliphatic rings. The summed E-state index contributed by atoms with van der Waals surface area (Å²) >= 11 is 1.58. The van der Waals surface area contributed by atoms with Crippen LogP contribution in [0.2, 0.25) is 0 Å². The van der Waals surface area contributed by atoms with Gasteiger partial charge in [-0.2, -0.15) is 0 Å². The maximum Gasteiger partial charge on any atom is 0.317 e. The van der Waals surface area contributed by atoms with Crippen LogP contribution >= 0.6 is 11.3 Å². The average molecular weight is 476 g/mol. The van der Waals surface area contributed by atoms with Crippen molar-refractivity contribution < 1.29 is 14.3 Å². The summed E-state index contributed by atoms with van der Waals surface area (Å²) in [5, 5.41) is 9.35. The topological polar surface area (TPSA) is 88.6 Å². The molecular weight excluding hydrogens is 450 g/mol. The van der Waals surface area contributed by atoms with Crippen LogP contribution in [0.4, 0.5) is 16.3 Å². The number of methoxy groups -OCH3 is 1. The molecule has 0 aliphatic carbocycles. The van der Waals surface area contributed by atoms with Gasteiger partial charge in [0.25, 0.3) is 0 Å². The number of carbonyl (C=O) groups is 1. The van der Waals surface area contributed by atoms with Gasteiger partial charge in [-0.25, -0.2) is 14.8 Å². The quantitative estimate of drug-likeness (QED) is 0.399. The number of hydrogen-bond donors (Lipinski definition) is 2. The molecule has 2 N–H and O–H groups in total. The molecule has 1 atom stereocenters. The van der Waals surface area contributed by atoms with E-state index >= 15 is 0 Å². The van der Waals surface area contributed by atoms with Crippen LogP contribution in [0.15, 0.2) is 66.3 Å². The zero-order valence-electron chi connectivity index (χ0n) is 18.7. The molecule has 1 saturated heterocycles.